The van der Waals surface area contributed by atoms with Crippen molar-refractivity contribution >= 4 is 29.6 Å². The van der Waals surface area contributed by atoms with Crippen molar-refractivity contribution in [2.75, 3.05) is 7.11 Å². The van der Waals surface area contributed by atoms with Gasteiger partial charge in [-0.3, -0.25) is 0 Å². The van der Waals surface area contributed by atoms with Crippen molar-refractivity contribution in [3.8, 4) is 11.5 Å². The van der Waals surface area contributed by atoms with Gasteiger partial charge < -0.3 is 18.9 Å². The minimum Gasteiger partial charge on any atom is -0.493 e. The normalized spacial score (nSPS) is 17.7. The highest BCUT2D eigenvalue weighted by molar-refractivity contribution is 6.30. The Morgan fingerprint density at radius 1 is 0.968 bits per heavy atom. The highest BCUT2D eigenvalue weighted by atomic mass is 35.5. The van der Waals surface area contributed by atoms with Crippen molar-refractivity contribution in [1.29, 1.82) is 0 Å². The van der Waals surface area contributed by atoms with Gasteiger partial charge in [0.15, 0.2) is 11.5 Å². The predicted molar refractivity (Wildman–Crippen MR) is 115 cm³/mol. The first-order valence-electron chi connectivity index (χ1n) is 10.2. The van der Waals surface area contributed by atoms with Gasteiger partial charge in [0.25, 0.3) is 5.79 Å². The Bertz CT molecular complexity index is 983. The number of halogens is 1. The molecular weight excluding hydrogens is 420 g/mol. The number of hydrogen-bond donors (Lipinski definition) is 0. The minimum atomic E-state index is -1.10. The van der Waals surface area contributed by atoms with E-state index in [2.05, 4.69) is 0 Å². The van der Waals surface area contributed by atoms with Crippen molar-refractivity contribution in [2.45, 2.75) is 44.5 Å². The van der Waals surface area contributed by atoms with Crippen molar-refractivity contribution in [2.24, 2.45) is 0 Å². The largest absolute Gasteiger partial charge is 0.493 e. The van der Waals surface area contributed by atoms with Crippen LogP contribution in [-0.4, -0.2) is 24.8 Å². The lowest BCUT2D eigenvalue weighted by Gasteiger charge is -2.38. The molecule has 0 aromatic heterocycles. The molecule has 162 valence electrons. The smallest absolute Gasteiger partial charge is 0.348 e. The van der Waals surface area contributed by atoms with E-state index in [1.165, 1.54) is 13.2 Å². The third-order valence-electron chi connectivity index (χ3n) is 5.42. The van der Waals surface area contributed by atoms with Gasteiger partial charge in [-0.15, -0.1) is 0 Å². The first-order valence-corrected chi connectivity index (χ1v) is 10.6. The maximum Gasteiger partial charge on any atom is 0.348 e. The van der Waals surface area contributed by atoms with Crippen LogP contribution in [0.4, 0.5) is 0 Å². The van der Waals surface area contributed by atoms with Crippen LogP contribution in [0.25, 0.3) is 6.08 Å². The zero-order chi connectivity index (χ0) is 21.8. The third kappa shape index (κ3) is 4.85. The monoisotopic (exact) mass is 442 g/mol. The van der Waals surface area contributed by atoms with Crippen LogP contribution in [0.1, 0.15) is 43.2 Å². The van der Waals surface area contributed by atoms with E-state index in [-0.39, 0.29) is 5.57 Å². The predicted octanol–water partition coefficient (Wildman–Crippen LogP) is 5.07. The number of methoxy groups -OCH3 is 1. The Hall–Kier alpha value is -2.99. The summed E-state index contributed by atoms with van der Waals surface area (Å²) >= 11 is 5.90. The number of rotatable bonds is 5. The fraction of sp³-hybridized carbons (Fsp3) is 0.333. The summed E-state index contributed by atoms with van der Waals surface area (Å²) in [6.45, 7) is 0.342. The fourth-order valence-electron chi connectivity index (χ4n) is 3.77. The molecule has 1 saturated heterocycles. The Kier molecular flexibility index (Phi) is 6.18. The van der Waals surface area contributed by atoms with E-state index in [9.17, 15) is 9.59 Å². The number of benzene rings is 2. The molecule has 4 rings (SSSR count). The zero-order valence-corrected chi connectivity index (χ0v) is 17.9. The summed E-state index contributed by atoms with van der Waals surface area (Å²) in [6, 6.07) is 12.5. The molecule has 0 bridgehead atoms. The molecule has 1 aliphatic heterocycles. The summed E-state index contributed by atoms with van der Waals surface area (Å²) < 4.78 is 22.3. The minimum absolute atomic E-state index is 0.131. The molecule has 1 saturated carbocycles. The molecule has 1 heterocycles. The molecular formula is C24H23ClO6. The van der Waals surface area contributed by atoms with E-state index in [0.717, 1.165) is 24.8 Å². The summed E-state index contributed by atoms with van der Waals surface area (Å²) in [4.78, 5) is 25.1. The van der Waals surface area contributed by atoms with Crippen LogP contribution in [0.3, 0.4) is 0 Å². The van der Waals surface area contributed by atoms with Crippen molar-refractivity contribution in [3.05, 3.63) is 64.2 Å². The molecule has 0 amide bonds. The number of esters is 2. The van der Waals surface area contributed by atoms with Gasteiger partial charge >= 0.3 is 11.9 Å². The molecule has 2 aromatic carbocycles. The van der Waals surface area contributed by atoms with E-state index in [4.69, 9.17) is 30.5 Å². The van der Waals surface area contributed by atoms with E-state index in [1.54, 1.807) is 30.3 Å². The van der Waals surface area contributed by atoms with Gasteiger partial charge in [0.2, 0.25) is 0 Å². The van der Waals surface area contributed by atoms with Crippen LogP contribution in [0.5, 0.6) is 11.5 Å². The molecule has 0 radical (unpaired) electrons. The highest BCUT2D eigenvalue weighted by Gasteiger charge is 2.46. The highest BCUT2D eigenvalue weighted by Crippen LogP contribution is 2.38. The molecule has 2 aliphatic rings. The lowest BCUT2D eigenvalue weighted by molar-refractivity contribution is -0.244. The fourth-order valence-corrected chi connectivity index (χ4v) is 3.89. The second-order valence-corrected chi connectivity index (χ2v) is 8.07. The zero-order valence-electron chi connectivity index (χ0n) is 17.2. The molecule has 2 aromatic rings. The summed E-state index contributed by atoms with van der Waals surface area (Å²) in [5.41, 5.74) is 1.43. The van der Waals surface area contributed by atoms with Crippen molar-refractivity contribution in [3.63, 3.8) is 0 Å². The first-order chi connectivity index (χ1) is 15.0. The van der Waals surface area contributed by atoms with Crippen LogP contribution in [0, 0.1) is 0 Å². The molecule has 1 aliphatic carbocycles. The molecule has 2 fully saturated rings. The van der Waals surface area contributed by atoms with Gasteiger partial charge in [-0.05, 0) is 54.3 Å². The number of carbonyl (C=O) groups is 2. The third-order valence-corrected chi connectivity index (χ3v) is 5.67. The average Bonchev–Trinajstić information content (AvgIpc) is 2.77. The van der Waals surface area contributed by atoms with Gasteiger partial charge in [-0.25, -0.2) is 9.59 Å². The number of ether oxygens (including phenoxy) is 4. The standard InChI is InChI=1S/C24H23ClO6/c1-28-21-14-17(7-10-20(21)29-15-16-5-8-18(25)9-6-16)13-19-22(26)30-24(31-23(19)27)11-3-2-4-12-24/h5-10,13-14H,2-4,11-12,15H2,1H3. The average molecular weight is 443 g/mol. The number of carbonyl (C=O) groups excluding carboxylic acids is 2. The number of hydrogen-bond acceptors (Lipinski definition) is 6. The van der Waals surface area contributed by atoms with Crippen LogP contribution < -0.4 is 9.47 Å². The molecule has 0 unspecified atom stereocenters. The van der Waals surface area contributed by atoms with E-state index in [0.29, 0.717) is 41.5 Å². The van der Waals surface area contributed by atoms with E-state index in [1.807, 2.05) is 12.1 Å². The lowest BCUT2D eigenvalue weighted by Crippen LogP contribution is -2.47. The van der Waals surface area contributed by atoms with Crippen molar-refractivity contribution < 1.29 is 28.5 Å². The Labute approximate surface area is 185 Å². The molecule has 0 atom stereocenters. The molecule has 31 heavy (non-hydrogen) atoms. The van der Waals surface area contributed by atoms with Gasteiger partial charge in [0.1, 0.15) is 12.2 Å². The second-order valence-electron chi connectivity index (χ2n) is 7.63. The maximum atomic E-state index is 12.5. The lowest BCUT2D eigenvalue weighted by atomic mass is 9.93. The Morgan fingerprint density at radius 3 is 2.29 bits per heavy atom. The summed E-state index contributed by atoms with van der Waals surface area (Å²) in [7, 11) is 1.53. The van der Waals surface area contributed by atoms with Crippen LogP contribution in [-0.2, 0) is 25.7 Å². The van der Waals surface area contributed by atoms with Crippen molar-refractivity contribution in [1.82, 2.24) is 0 Å². The van der Waals surface area contributed by atoms with E-state index >= 15 is 0 Å². The Balaban J connectivity index is 1.49. The molecule has 0 N–H and O–H groups in total. The van der Waals surface area contributed by atoms with E-state index < -0.39 is 17.7 Å². The van der Waals surface area contributed by atoms with Gasteiger partial charge in [-0.1, -0.05) is 36.2 Å². The summed E-state index contributed by atoms with van der Waals surface area (Å²) in [5, 5.41) is 0.660. The van der Waals surface area contributed by atoms with Crippen LogP contribution in [0.15, 0.2) is 48.0 Å². The topological polar surface area (TPSA) is 71.1 Å². The van der Waals surface area contributed by atoms with Gasteiger partial charge in [0.05, 0.1) is 7.11 Å². The van der Waals surface area contributed by atoms with Gasteiger partial charge in [0, 0.05) is 17.9 Å². The molecule has 6 nitrogen and oxygen atoms in total. The Morgan fingerprint density at radius 2 is 1.65 bits per heavy atom. The van der Waals surface area contributed by atoms with Crippen LogP contribution in [0.2, 0.25) is 5.02 Å². The quantitative estimate of drug-likeness (QED) is 0.365. The molecule has 1 spiro atoms. The molecule has 7 heteroatoms. The summed E-state index contributed by atoms with van der Waals surface area (Å²) in [5.74, 6) is -1.39. The second kappa shape index (κ2) is 9.02. The maximum absolute atomic E-state index is 12.5. The summed E-state index contributed by atoms with van der Waals surface area (Å²) in [6.07, 6.45) is 5.33. The first kappa shape index (κ1) is 21.2. The van der Waals surface area contributed by atoms with Crippen LogP contribution >= 0.6 is 11.6 Å². The van der Waals surface area contributed by atoms with Gasteiger partial charge in [-0.2, -0.15) is 0 Å². The SMILES string of the molecule is COc1cc(C=C2C(=O)OC3(CCCCC3)OC2=O)ccc1OCc1ccc(Cl)cc1.